The molecule has 0 aromatic heterocycles. The number of rotatable bonds is 16. The molecule has 0 heterocycles. The molecule has 132 valence electrons. The molecule has 0 bridgehead atoms. The summed E-state index contributed by atoms with van der Waals surface area (Å²) >= 11 is 0. The van der Waals surface area contributed by atoms with Crippen molar-refractivity contribution in [3.05, 3.63) is 0 Å². The Hall–Kier alpha value is -0.380. The molecule has 0 radical (unpaired) electrons. The minimum Gasteiger partial charge on any atom is -0.377 e. The van der Waals surface area contributed by atoms with Crippen LogP contribution in [0.3, 0.4) is 0 Å². The predicted octanol–water partition coefficient (Wildman–Crippen LogP) is 0.640. The highest BCUT2D eigenvalue weighted by molar-refractivity contribution is 7.41. The predicted molar refractivity (Wildman–Crippen MR) is 79.1 cm³/mol. The van der Waals surface area contributed by atoms with E-state index in [1.165, 1.54) is 21.1 Å². The molecule has 0 aliphatic heterocycles. The van der Waals surface area contributed by atoms with Crippen LogP contribution in [-0.4, -0.2) is 72.9 Å². The first-order chi connectivity index (χ1) is 10.7. The Labute approximate surface area is 132 Å². The van der Waals surface area contributed by atoms with Gasteiger partial charge in [0.1, 0.15) is 0 Å². The first-order valence-corrected chi connectivity index (χ1v) is 7.95. The highest BCUT2D eigenvalue weighted by Gasteiger charge is 2.09. The Balaban J connectivity index is 3.12. The van der Waals surface area contributed by atoms with Gasteiger partial charge in [0.15, 0.2) is 0 Å². The third-order valence-electron chi connectivity index (χ3n) is 2.07. The molecule has 1 atom stereocenters. The molecule has 1 amide bonds. The summed E-state index contributed by atoms with van der Waals surface area (Å²) in [6.07, 6.45) is 0. The summed E-state index contributed by atoms with van der Waals surface area (Å²) in [6.45, 7) is 5.11. The molecule has 0 aliphatic rings. The Kier molecular flexibility index (Phi) is 16.7. The lowest BCUT2D eigenvalue weighted by atomic mass is 10.6. The van der Waals surface area contributed by atoms with Gasteiger partial charge < -0.3 is 28.6 Å². The average molecular weight is 343 g/mol. The second-order valence-corrected chi connectivity index (χ2v) is 5.02. The minimum atomic E-state index is -1.48. The van der Waals surface area contributed by atoms with Gasteiger partial charge in [0, 0.05) is 20.6 Å². The second kappa shape index (κ2) is 17.0. The Bertz CT molecular complexity index is 259. The molecule has 0 aliphatic carbocycles. The van der Waals surface area contributed by atoms with E-state index in [0.717, 1.165) is 0 Å². The second-order valence-electron chi connectivity index (χ2n) is 3.80. The largest absolute Gasteiger partial charge is 0.377 e. The number of hydrogen-bond acceptors (Lipinski definition) is 8. The quantitative estimate of drug-likeness (QED) is 0.189. The standard InChI is InChI=1S/C12H26NO8P/c1-12(14)13-4-5-17-6-7-18-8-9-19-10-11-20-22(16-3)21-15-2/h4-11H2,1-3H3,(H,13,14). The van der Waals surface area contributed by atoms with Gasteiger partial charge in [-0.05, 0) is 0 Å². The molecular weight excluding hydrogens is 317 g/mol. The van der Waals surface area contributed by atoms with Gasteiger partial charge in [-0.1, -0.05) is 0 Å². The van der Waals surface area contributed by atoms with Crippen LogP contribution in [0.1, 0.15) is 6.92 Å². The smallest absolute Gasteiger partial charge is 0.362 e. The molecule has 0 aromatic rings. The van der Waals surface area contributed by atoms with Crippen molar-refractivity contribution in [1.82, 2.24) is 5.32 Å². The summed E-state index contributed by atoms with van der Waals surface area (Å²) in [4.78, 5) is 15.0. The third-order valence-corrected chi connectivity index (χ3v) is 3.04. The number of hydrogen-bond donors (Lipinski definition) is 1. The van der Waals surface area contributed by atoms with E-state index in [9.17, 15) is 4.79 Å². The SMILES string of the molecule is COOP(OC)OCCOCCOCCOCCNC(C)=O. The Morgan fingerprint density at radius 1 is 0.909 bits per heavy atom. The van der Waals surface area contributed by atoms with Crippen LogP contribution in [0, 0.1) is 0 Å². The zero-order valence-electron chi connectivity index (χ0n) is 13.4. The Morgan fingerprint density at radius 3 is 1.95 bits per heavy atom. The fourth-order valence-corrected chi connectivity index (χ4v) is 1.73. The number of carbonyl (C=O) groups is 1. The molecule has 0 fully saturated rings. The van der Waals surface area contributed by atoms with Crippen LogP contribution in [0.25, 0.3) is 0 Å². The zero-order chi connectivity index (χ0) is 16.5. The van der Waals surface area contributed by atoms with Gasteiger partial charge in [-0.15, -0.1) is 0 Å². The van der Waals surface area contributed by atoms with Crippen LogP contribution in [0.2, 0.25) is 0 Å². The maximum atomic E-state index is 10.6. The molecule has 0 saturated heterocycles. The number of amides is 1. The molecule has 0 aromatic carbocycles. The summed E-state index contributed by atoms with van der Waals surface area (Å²) in [6, 6.07) is 0. The lowest BCUT2D eigenvalue weighted by Gasteiger charge is -2.11. The van der Waals surface area contributed by atoms with Gasteiger partial charge in [-0.2, -0.15) is 4.67 Å². The number of ether oxygens (including phenoxy) is 3. The fraction of sp³-hybridized carbons (Fsp3) is 0.917. The lowest BCUT2D eigenvalue weighted by Crippen LogP contribution is -2.25. The van der Waals surface area contributed by atoms with Gasteiger partial charge in [0.2, 0.25) is 5.91 Å². The summed E-state index contributed by atoms with van der Waals surface area (Å²) < 4.78 is 30.7. The molecule has 9 nitrogen and oxygen atoms in total. The van der Waals surface area contributed by atoms with Gasteiger partial charge in [0.05, 0.1) is 53.4 Å². The van der Waals surface area contributed by atoms with E-state index in [1.807, 2.05) is 0 Å². The van der Waals surface area contributed by atoms with Crippen LogP contribution < -0.4 is 5.32 Å². The van der Waals surface area contributed by atoms with Crippen LogP contribution in [0.4, 0.5) is 0 Å². The van der Waals surface area contributed by atoms with Crippen molar-refractivity contribution in [2.45, 2.75) is 6.92 Å². The van der Waals surface area contributed by atoms with Crippen LogP contribution in [-0.2, 0) is 37.6 Å². The maximum Gasteiger partial charge on any atom is 0.362 e. The molecule has 1 unspecified atom stereocenters. The van der Waals surface area contributed by atoms with Crippen molar-refractivity contribution in [1.29, 1.82) is 0 Å². The Morgan fingerprint density at radius 2 is 1.45 bits per heavy atom. The normalized spacial score (nSPS) is 12.3. The minimum absolute atomic E-state index is 0.0622. The van der Waals surface area contributed by atoms with E-state index in [0.29, 0.717) is 52.8 Å². The molecule has 1 N–H and O–H groups in total. The first kappa shape index (κ1) is 21.6. The van der Waals surface area contributed by atoms with Crippen molar-refractivity contribution >= 4 is 14.5 Å². The molecule has 0 rings (SSSR count). The number of nitrogens with one attached hydrogen (secondary N) is 1. The fourth-order valence-electron chi connectivity index (χ4n) is 1.18. The summed E-state index contributed by atoms with van der Waals surface area (Å²) in [5.74, 6) is -0.0622. The highest BCUT2D eigenvalue weighted by Crippen LogP contribution is 2.37. The van der Waals surface area contributed by atoms with E-state index in [2.05, 4.69) is 10.2 Å². The monoisotopic (exact) mass is 343 g/mol. The third kappa shape index (κ3) is 16.0. The first-order valence-electron chi connectivity index (χ1n) is 6.86. The average Bonchev–Trinajstić information content (AvgIpc) is 2.50. The van der Waals surface area contributed by atoms with Crippen molar-refractivity contribution < 1.29 is 37.6 Å². The van der Waals surface area contributed by atoms with Crippen LogP contribution in [0.5, 0.6) is 0 Å². The van der Waals surface area contributed by atoms with E-state index in [4.69, 9.17) is 27.9 Å². The van der Waals surface area contributed by atoms with Crippen LogP contribution in [0.15, 0.2) is 0 Å². The van der Waals surface area contributed by atoms with Gasteiger partial charge in [-0.25, -0.2) is 4.89 Å². The van der Waals surface area contributed by atoms with Gasteiger partial charge in [-0.3, -0.25) is 4.79 Å². The molecule has 22 heavy (non-hydrogen) atoms. The van der Waals surface area contributed by atoms with Gasteiger partial charge >= 0.3 is 8.60 Å². The summed E-state index contributed by atoms with van der Waals surface area (Å²) in [7, 11) is 1.38. The van der Waals surface area contributed by atoms with Crippen LogP contribution >= 0.6 is 8.60 Å². The zero-order valence-corrected chi connectivity index (χ0v) is 14.3. The lowest BCUT2D eigenvalue weighted by molar-refractivity contribution is -0.189. The molecule has 0 saturated carbocycles. The van der Waals surface area contributed by atoms with Gasteiger partial charge in [0.25, 0.3) is 0 Å². The van der Waals surface area contributed by atoms with Crippen molar-refractivity contribution in [2.75, 3.05) is 67.0 Å². The maximum absolute atomic E-state index is 10.6. The van der Waals surface area contributed by atoms with Crippen molar-refractivity contribution in [3.63, 3.8) is 0 Å². The van der Waals surface area contributed by atoms with E-state index >= 15 is 0 Å². The van der Waals surface area contributed by atoms with Crippen molar-refractivity contribution in [3.8, 4) is 0 Å². The molecule has 0 spiro atoms. The molecular formula is C12H26NO8P. The number of carbonyl (C=O) groups excluding carboxylic acids is 1. The van der Waals surface area contributed by atoms with E-state index < -0.39 is 8.60 Å². The summed E-state index contributed by atoms with van der Waals surface area (Å²) in [5, 5.41) is 2.64. The highest BCUT2D eigenvalue weighted by atomic mass is 31.2. The molecule has 10 heteroatoms. The topological polar surface area (TPSA) is 93.7 Å². The van der Waals surface area contributed by atoms with E-state index in [-0.39, 0.29) is 5.91 Å². The summed E-state index contributed by atoms with van der Waals surface area (Å²) in [5.41, 5.74) is 0. The van der Waals surface area contributed by atoms with E-state index in [1.54, 1.807) is 0 Å². The van der Waals surface area contributed by atoms with Crippen molar-refractivity contribution in [2.24, 2.45) is 0 Å².